The van der Waals surface area contributed by atoms with E-state index in [-0.39, 0.29) is 23.9 Å². The van der Waals surface area contributed by atoms with Crippen molar-refractivity contribution in [2.24, 2.45) is 0 Å². The van der Waals surface area contributed by atoms with Crippen molar-refractivity contribution in [2.75, 3.05) is 5.32 Å². The van der Waals surface area contributed by atoms with Crippen LogP contribution in [-0.2, 0) is 6.54 Å². The fourth-order valence-corrected chi connectivity index (χ4v) is 1.38. The van der Waals surface area contributed by atoms with Gasteiger partial charge in [0.05, 0.1) is 0 Å². The van der Waals surface area contributed by atoms with E-state index in [2.05, 4.69) is 15.5 Å². The Morgan fingerprint density at radius 3 is 2.94 bits per heavy atom. The van der Waals surface area contributed by atoms with Gasteiger partial charge in [-0.1, -0.05) is 23.3 Å². The lowest BCUT2D eigenvalue weighted by Crippen LogP contribution is -2.03. The van der Waals surface area contributed by atoms with E-state index < -0.39 is 4.92 Å². The molecule has 0 bridgehead atoms. The van der Waals surface area contributed by atoms with E-state index in [0.717, 1.165) is 0 Å². The molecule has 0 fully saturated rings. The van der Waals surface area contributed by atoms with E-state index in [1.165, 1.54) is 12.3 Å². The third-order valence-corrected chi connectivity index (χ3v) is 2.23. The molecule has 0 aliphatic rings. The molecule has 2 aromatic rings. The van der Waals surface area contributed by atoms with Crippen LogP contribution in [0.25, 0.3) is 0 Å². The highest BCUT2D eigenvalue weighted by molar-refractivity contribution is 5.55. The quantitative estimate of drug-likeness (QED) is 0.628. The van der Waals surface area contributed by atoms with Gasteiger partial charge in [0.15, 0.2) is 5.69 Å². The predicted molar refractivity (Wildman–Crippen MR) is 59.0 cm³/mol. The second-order valence-corrected chi connectivity index (χ2v) is 3.33. The molecule has 2 rings (SSSR count). The molecule has 7 heteroatoms. The van der Waals surface area contributed by atoms with Crippen molar-refractivity contribution in [1.82, 2.24) is 10.2 Å². The highest BCUT2D eigenvalue weighted by Crippen LogP contribution is 2.20. The summed E-state index contributed by atoms with van der Waals surface area (Å²) in [5.74, 6) is -0.590. The molecule has 88 valence electrons. The van der Waals surface area contributed by atoms with E-state index in [9.17, 15) is 14.5 Å². The Bertz CT molecular complexity index is 541. The van der Waals surface area contributed by atoms with Gasteiger partial charge in [0.1, 0.15) is 12.0 Å². The van der Waals surface area contributed by atoms with Gasteiger partial charge in [0.25, 0.3) is 0 Å². The number of nitrogens with one attached hydrogen (secondary N) is 2. The molecule has 0 spiro atoms. The molecule has 0 saturated carbocycles. The first-order valence-corrected chi connectivity index (χ1v) is 4.83. The number of halogens is 1. The summed E-state index contributed by atoms with van der Waals surface area (Å²) in [7, 11) is 0. The van der Waals surface area contributed by atoms with Crippen LogP contribution < -0.4 is 5.32 Å². The Kier molecular flexibility index (Phi) is 2.99. The van der Waals surface area contributed by atoms with Crippen LogP contribution in [0.15, 0.2) is 30.5 Å². The maximum atomic E-state index is 13.3. The van der Waals surface area contributed by atoms with E-state index >= 15 is 0 Å². The van der Waals surface area contributed by atoms with Gasteiger partial charge >= 0.3 is 5.82 Å². The van der Waals surface area contributed by atoms with Crippen molar-refractivity contribution in [3.8, 4) is 0 Å². The second-order valence-electron chi connectivity index (χ2n) is 3.33. The van der Waals surface area contributed by atoms with E-state index in [1.54, 1.807) is 18.2 Å². The first-order chi connectivity index (χ1) is 8.18. The molecule has 2 N–H and O–H groups in total. The highest BCUT2D eigenvalue weighted by atomic mass is 19.1. The second kappa shape index (κ2) is 4.60. The van der Waals surface area contributed by atoms with Crippen molar-refractivity contribution in [1.29, 1.82) is 0 Å². The molecule has 0 saturated heterocycles. The summed E-state index contributed by atoms with van der Waals surface area (Å²) in [5, 5.41) is 19.1. The van der Waals surface area contributed by atoms with Crippen LogP contribution in [-0.4, -0.2) is 15.1 Å². The third kappa shape index (κ3) is 2.39. The van der Waals surface area contributed by atoms with Crippen LogP contribution in [0.4, 0.5) is 15.9 Å². The number of nitrogens with zero attached hydrogens (tertiary/aromatic N) is 2. The van der Waals surface area contributed by atoms with Gasteiger partial charge in [0, 0.05) is 12.1 Å². The summed E-state index contributed by atoms with van der Waals surface area (Å²) >= 11 is 0. The topological polar surface area (TPSA) is 83.8 Å². The molecule has 6 nitrogen and oxygen atoms in total. The van der Waals surface area contributed by atoms with Crippen molar-refractivity contribution < 1.29 is 9.31 Å². The maximum absolute atomic E-state index is 13.3. The summed E-state index contributed by atoms with van der Waals surface area (Å²) in [6.45, 7) is 0.160. The summed E-state index contributed by atoms with van der Waals surface area (Å²) in [6, 6.07) is 6.22. The molecule has 0 radical (unpaired) electrons. The molecular formula is C10H9FN4O2. The lowest BCUT2D eigenvalue weighted by atomic mass is 10.2. The highest BCUT2D eigenvalue weighted by Gasteiger charge is 2.14. The number of hydrogen-bond donors (Lipinski definition) is 2. The fourth-order valence-electron chi connectivity index (χ4n) is 1.38. The number of rotatable bonds is 4. The maximum Gasteiger partial charge on any atom is 0.366 e. The number of hydrogen-bond acceptors (Lipinski definition) is 4. The Morgan fingerprint density at radius 1 is 1.47 bits per heavy atom. The lowest BCUT2D eigenvalue weighted by molar-refractivity contribution is -0.388. The normalized spacial score (nSPS) is 10.2. The minimum absolute atomic E-state index is 0.160. The van der Waals surface area contributed by atoms with Crippen molar-refractivity contribution in [3.05, 3.63) is 52.0 Å². The average molecular weight is 236 g/mol. The molecule has 17 heavy (non-hydrogen) atoms. The summed E-state index contributed by atoms with van der Waals surface area (Å²) < 4.78 is 13.3. The van der Waals surface area contributed by atoms with Crippen molar-refractivity contribution >= 4 is 11.5 Å². The van der Waals surface area contributed by atoms with Gasteiger partial charge in [0.2, 0.25) is 0 Å². The third-order valence-electron chi connectivity index (χ3n) is 2.23. The van der Waals surface area contributed by atoms with Crippen LogP contribution in [0.2, 0.25) is 0 Å². The zero-order chi connectivity index (χ0) is 12.3. The van der Waals surface area contributed by atoms with Crippen LogP contribution in [0.3, 0.4) is 0 Å². The standard InChI is InChI=1S/C10H9FN4O2/c11-8-4-2-1-3-7(8)5-12-9-6-13-14-10(9)15(16)17/h1-4,6,12H,5H2,(H,13,14). The van der Waals surface area contributed by atoms with E-state index in [0.29, 0.717) is 5.56 Å². The molecule has 0 atom stereocenters. The van der Waals surface area contributed by atoms with E-state index in [1.807, 2.05) is 0 Å². The Morgan fingerprint density at radius 2 is 2.24 bits per heavy atom. The smallest absolute Gasteiger partial charge is 0.366 e. The molecule has 0 unspecified atom stereocenters. The monoisotopic (exact) mass is 236 g/mol. The minimum Gasteiger partial charge on any atom is -0.373 e. The number of aromatic amines is 1. The molecule has 0 aliphatic heterocycles. The van der Waals surface area contributed by atoms with Crippen LogP contribution >= 0.6 is 0 Å². The van der Waals surface area contributed by atoms with Gasteiger partial charge < -0.3 is 15.4 Å². The summed E-state index contributed by atoms with van der Waals surface area (Å²) in [5.41, 5.74) is 0.668. The van der Waals surface area contributed by atoms with Gasteiger partial charge in [-0.05, 0) is 11.0 Å². The Balaban J connectivity index is 2.10. The number of benzene rings is 1. The predicted octanol–water partition coefficient (Wildman–Crippen LogP) is 2.07. The van der Waals surface area contributed by atoms with Gasteiger partial charge in [-0.2, -0.15) is 0 Å². The van der Waals surface area contributed by atoms with Gasteiger partial charge in [-0.25, -0.2) is 4.39 Å². The van der Waals surface area contributed by atoms with E-state index in [4.69, 9.17) is 0 Å². The number of H-pyrrole nitrogens is 1. The number of anilines is 1. The molecule has 0 aliphatic carbocycles. The fraction of sp³-hybridized carbons (Fsp3) is 0.100. The number of aromatic nitrogens is 2. The van der Waals surface area contributed by atoms with Crippen molar-refractivity contribution in [2.45, 2.75) is 6.54 Å². The number of nitro groups is 1. The Labute approximate surface area is 95.6 Å². The first-order valence-electron chi connectivity index (χ1n) is 4.83. The van der Waals surface area contributed by atoms with Crippen LogP contribution in [0.1, 0.15) is 5.56 Å². The average Bonchev–Trinajstić information content (AvgIpc) is 2.76. The molecule has 1 aromatic carbocycles. The molecule has 1 heterocycles. The first kappa shape index (κ1) is 11.1. The zero-order valence-corrected chi connectivity index (χ0v) is 8.68. The van der Waals surface area contributed by atoms with Gasteiger partial charge in [-0.3, -0.25) is 0 Å². The molecular weight excluding hydrogens is 227 g/mol. The Hall–Kier alpha value is -2.44. The van der Waals surface area contributed by atoms with Crippen molar-refractivity contribution in [3.63, 3.8) is 0 Å². The summed E-state index contributed by atoms with van der Waals surface area (Å²) in [6.07, 6.45) is 1.29. The zero-order valence-electron chi connectivity index (χ0n) is 8.68. The summed E-state index contributed by atoms with van der Waals surface area (Å²) in [4.78, 5) is 9.99. The van der Waals surface area contributed by atoms with Crippen LogP contribution in [0.5, 0.6) is 0 Å². The molecule has 1 aromatic heterocycles. The van der Waals surface area contributed by atoms with Gasteiger partial charge in [-0.15, -0.1) is 5.10 Å². The SMILES string of the molecule is O=[N+]([O-])c1[nH]ncc1NCc1ccccc1F. The minimum atomic E-state index is -0.587. The lowest BCUT2D eigenvalue weighted by Gasteiger charge is -2.04. The molecule has 0 amide bonds. The van der Waals surface area contributed by atoms with Crippen LogP contribution in [0, 0.1) is 15.9 Å². The largest absolute Gasteiger partial charge is 0.373 e.